The minimum Gasteiger partial charge on any atom is -0.487 e. The lowest BCUT2D eigenvalue weighted by Gasteiger charge is -2.34. The van der Waals surface area contributed by atoms with Gasteiger partial charge in [-0.2, -0.15) is 25.9 Å². The Morgan fingerprint density at radius 1 is 1.26 bits per heavy atom. The fourth-order valence-corrected chi connectivity index (χ4v) is 5.31. The molecule has 0 bridgehead atoms. The second-order valence-electron chi connectivity index (χ2n) is 8.94. The molecule has 2 aliphatic rings. The third-order valence-electron chi connectivity index (χ3n) is 5.61. The van der Waals surface area contributed by atoms with Gasteiger partial charge in [0.25, 0.3) is 0 Å². The number of amides is 1. The minimum absolute atomic E-state index is 0.0470. The summed E-state index contributed by atoms with van der Waals surface area (Å²) in [4.78, 5) is 12.8. The van der Waals surface area contributed by atoms with E-state index in [9.17, 15) is 26.4 Å². The molecule has 0 aromatic heterocycles. The molecule has 3 N–H and O–H groups in total. The van der Waals surface area contributed by atoms with Crippen molar-refractivity contribution in [3.05, 3.63) is 59.2 Å². The van der Waals surface area contributed by atoms with E-state index in [1.807, 2.05) is 0 Å². The Morgan fingerprint density at radius 3 is 2.69 bits per heavy atom. The number of β-amino-alcohol motifs (C(OH)–C–C–N with tert-alkyl or cyclic N) is 1. The molecule has 2 aromatic carbocycles. The van der Waals surface area contributed by atoms with E-state index in [2.05, 4.69) is 10.0 Å². The molecule has 0 fully saturated rings. The van der Waals surface area contributed by atoms with Crippen LogP contribution >= 0.6 is 0 Å². The summed E-state index contributed by atoms with van der Waals surface area (Å²) >= 11 is 0. The van der Waals surface area contributed by atoms with Crippen LogP contribution in [0.4, 0.5) is 24.5 Å². The van der Waals surface area contributed by atoms with Gasteiger partial charge < -0.3 is 15.2 Å². The summed E-state index contributed by atoms with van der Waals surface area (Å²) in [6, 6.07) is 7.92. The average molecular weight is 512 g/mol. The van der Waals surface area contributed by atoms with Gasteiger partial charge in [-0.15, -0.1) is 0 Å². The first-order chi connectivity index (χ1) is 16.3. The molecular weight excluding hydrogens is 487 g/mol. The van der Waals surface area contributed by atoms with Crippen LogP contribution in [0.3, 0.4) is 0 Å². The van der Waals surface area contributed by atoms with Crippen molar-refractivity contribution in [3.8, 4) is 5.75 Å². The lowest BCUT2D eigenvalue weighted by Crippen LogP contribution is -2.40. The fraction of sp³-hybridized carbons (Fsp3) is 0.348. The molecule has 1 amide bonds. The summed E-state index contributed by atoms with van der Waals surface area (Å²) in [6.07, 6.45) is -2.92. The first kappa shape index (κ1) is 25.0. The first-order valence-corrected chi connectivity index (χ1v) is 12.2. The zero-order valence-corrected chi connectivity index (χ0v) is 19.8. The number of hydrogen-bond donors (Lipinski definition) is 3. The maximum atomic E-state index is 13.1. The van der Waals surface area contributed by atoms with Crippen molar-refractivity contribution in [2.24, 2.45) is 0 Å². The lowest BCUT2D eigenvalue weighted by molar-refractivity contribution is -0.137. The van der Waals surface area contributed by atoms with Crippen molar-refractivity contribution in [1.82, 2.24) is 4.31 Å². The summed E-state index contributed by atoms with van der Waals surface area (Å²) in [5.41, 5.74) is 0.561. The van der Waals surface area contributed by atoms with Crippen LogP contribution in [-0.2, 0) is 27.7 Å². The maximum Gasteiger partial charge on any atom is 0.416 e. The molecule has 0 saturated heterocycles. The Kier molecular flexibility index (Phi) is 6.32. The van der Waals surface area contributed by atoms with Crippen LogP contribution in [0.15, 0.2) is 42.5 Å². The highest BCUT2D eigenvalue weighted by molar-refractivity contribution is 7.90. The molecule has 0 unspecified atom stereocenters. The molecule has 2 heterocycles. The number of benzene rings is 2. The van der Waals surface area contributed by atoms with E-state index in [4.69, 9.17) is 9.84 Å². The number of anilines is 2. The van der Waals surface area contributed by atoms with E-state index in [1.54, 1.807) is 26.0 Å². The quantitative estimate of drug-likeness (QED) is 0.542. The predicted octanol–water partition coefficient (Wildman–Crippen LogP) is 3.75. The summed E-state index contributed by atoms with van der Waals surface area (Å²) in [6.45, 7) is 3.15. The molecule has 0 atom stereocenters. The third kappa shape index (κ3) is 5.44. The van der Waals surface area contributed by atoms with Gasteiger partial charge in [0.2, 0.25) is 5.91 Å². The van der Waals surface area contributed by atoms with Crippen LogP contribution in [0.1, 0.15) is 37.0 Å². The molecule has 188 valence electrons. The van der Waals surface area contributed by atoms with Gasteiger partial charge in [-0.1, -0.05) is 12.1 Å². The SMILES string of the molecule is CC1(C)C/C(=C\C(=O)Nc2ccc3c(c2)NS(=O)(=O)N(CCO)C3)c2ccc(C(F)(F)F)cc2O1. The third-order valence-corrected chi connectivity index (χ3v) is 7.08. The summed E-state index contributed by atoms with van der Waals surface area (Å²) in [5, 5.41) is 11.7. The van der Waals surface area contributed by atoms with Crippen LogP contribution < -0.4 is 14.8 Å². The largest absolute Gasteiger partial charge is 0.487 e. The van der Waals surface area contributed by atoms with Gasteiger partial charge in [-0.25, -0.2) is 0 Å². The highest BCUT2D eigenvalue weighted by Gasteiger charge is 2.35. The second kappa shape index (κ2) is 8.85. The normalized spacial score (nSPS) is 19.8. The number of nitrogens with zero attached hydrogens (tertiary/aromatic N) is 1. The van der Waals surface area contributed by atoms with Gasteiger partial charge in [-0.3, -0.25) is 9.52 Å². The molecule has 4 rings (SSSR count). The first-order valence-electron chi connectivity index (χ1n) is 10.7. The fourth-order valence-electron chi connectivity index (χ4n) is 4.08. The Bertz CT molecular complexity index is 1310. The molecule has 2 aromatic rings. The minimum atomic E-state index is -4.52. The molecule has 8 nitrogen and oxygen atoms in total. The standard InChI is InChI=1S/C23H24F3N3O5S/c1-22(2)12-15(18-6-4-16(23(24,25)26)10-20(18)34-22)9-21(31)27-17-5-3-14-13-29(7-8-30)35(32,33)28-19(14)11-17/h3-6,9-11,28,30H,7-8,12-13H2,1-2H3,(H,27,31)/b15-9+. The number of carbonyl (C=O) groups is 1. The topological polar surface area (TPSA) is 108 Å². The zero-order chi connectivity index (χ0) is 25.6. The second-order valence-corrected chi connectivity index (χ2v) is 10.6. The highest BCUT2D eigenvalue weighted by Crippen LogP contribution is 2.43. The Labute approximate surface area is 200 Å². The van der Waals surface area contributed by atoms with Crippen molar-refractivity contribution in [3.63, 3.8) is 0 Å². The number of alkyl halides is 3. The van der Waals surface area contributed by atoms with Crippen LogP contribution in [0.2, 0.25) is 0 Å². The van der Waals surface area contributed by atoms with E-state index in [0.717, 1.165) is 16.4 Å². The number of aliphatic hydroxyl groups is 1. The highest BCUT2D eigenvalue weighted by atomic mass is 32.2. The smallest absolute Gasteiger partial charge is 0.416 e. The number of rotatable bonds is 4. The molecule has 0 spiro atoms. The van der Waals surface area contributed by atoms with Gasteiger partial charge in [0.15, 0.2) is 0 Å². The predicted molar refractivity (Wildman–Crippen MR) is 124 cm³/mol. The van der Waals surface area contributed by atoms with Crippen molar-refractivity contribution < 1.29 is 36.2 Å². The average Bonchev–Trinajstić information content (AvgIpc) is 2.72. The number of fused-ring (bicyclic) bond motifs is 2. The molecule has 12 heteroatoms. The van der Waals surface area contributed by atoms with Crippen molar-refractivity contribution >= 4 is 33.1 Å². The van der Waals surface area contributed by atoms with Crippen LogP contribution in [0.25, 0.3) is 5.57 Å². The van der Waals surface area contributed by atoms with Crippen molar-refractivity contribution in [2.45, 2.75) is 38.6 Å². The van der Waals surface area contributed by atoms with E-state index < -0.39 is 33.5 Å². The Hall–Kier alpha value is -3.09. The van der Waals surface area contributed by atoms with Crippen LogP contribution in [0, 0.1) is 0 Å². The number of nitrogens with one attached hydrogen (secondary N) is 2. The van der Waals surface area contributed by atoms with E-state index in [-0.39, 0.29) is 25.4 Å². The van der Waals surface area contributed by atoms with E-state index >= 15 is 0 Å². The summed E-state index contributed by atoms with van der Waals surface area (Å²) in [5.74, 6) is -0.477. The monoisotopic (exact) mass is 511 g/mol. The number of hydrogen-bond acceptors (Lipinski definition) is 5. The van der Waals surface area contributed by atoms with Gasteiger partial charge in [0.1, 0.15) is 11.4 Å². The zero-order valence-electron chi connectivity index (χ0n) is 18.9. The molecule has 35 heavy (non-hydrogen) atoms. The number of aliphatic hydroxyl groups excluding tert-OH is 1. The number of ether oxygens (including phenoxy) is 1. The lowest BCUT2D eigenvalue weighted by atomic mass is 9.88. The molecular formula is C23H24F3N3O5S. The molecule has 0 saturated carbocycles. The molecule has 0 aliphatic carbocycles. The summed E-state index contributed by atoms with van der Waals surface area (Å²) in [7, 11) is -3.82. The van der Waals surface area contributed by atoms with Gasteiger partial charge in [0.05, 0.1) is 17.9 Å². The molecule has 0 radical (unpaired) electrons. The van der Waals surface area contributed by atoms with Crippen LogP contribution in [-0.4, -0.2) is 42.5 Å². The van der Waals surface area contributed by atoms with E-state index in [1.165, 1.54) is 18.2 Å². The maximum absolute atomic E-state index is 13.1. The van der Waals surface area contributed by atoms with Crippen LogP contribution in [0.5, 0.6) is 5.75 Å². The Morgan fingerprint density at radius 2 is 2.00 bits per heavy atom. The van der Waals surface area contributed by atoms with Gasteiger partial charge in [-0.05, 0) is 49.2 Å². The van der Waals surface area contributed by atoms with Gasteiger partial charge in [0, 0.05) is 36.8 Å². The summed E-state index contributed by atoms with van der Waals surface area (Å²) < 4.78 is 73.3. The number of halogens is 3. The van der Waals surface area contributed by atoms with E-state index in [0.29, 0.717) is 34.5 Å². The number of carbonyl (C=O) groups excluding carboxylic acids is 1. The molecule has 2 aliphatic heterocycles. The van der Waals surface area contributed by atoms with Crippen molar-refractivity contribution in [2.75, 3.05) is 23.2 Å². The van der Waals surface area contributed by atoms with Gasteiger partial charge >= 0.3 is 16.4 Å². The van der Waals surface area contributed by atoms with Crippen molar-refractivity contribution in [1.29, 1.82) is 0 Å². The Balaban J connectivity index is 1.58.